The van der Waals surface area contributed by atoms with Gasteiger partial charge >= 0.3 is 0 Å². The first-order valence-electron chi connectivity index (χ1n) is 6.66. The Hall–Kier alpha value is -1.50. The molecule has 1 atom stereocenters. The molecule has 20 heavy (non-hydrogen) atoms. The van der Waals surface area contributed by atoms with Crippen LogP contribution in [0.15, 0.2) is 11.4 Å². The van der Waals surface area contributed by atoms with Gasteiger partial charge in [-0.2, -0.15) is 0 Å². The number of aromatic nitrogens is 2. The molecule has 1 aromatic rings. The Morgan fingerprint density at radius 1 is 1.60 bits per heavy atom. The average molecular weight is 296 g/mol. The maximum atomic E-state index is 12.1. The lowest BCUT2D eigenvalue weighted by molar-refractivity contribution is -0.128. The molecule has 1 N–H and O–H groups in total. The summed E-state index contributed by atoms with van der Waals surface area (Å²) in [5, 5.41) is 3.82. The highest BCUT2D eigenvalue weighted by Crippen LogP contribution is 2.18. The van der Waals surface area contributed by atoms with Crippen LogP contribution in [-0.2, 0) is 23.2 Å². The molecule has 2 amide bonds. The van der Waals surface area contributed by atoms with Crippen LogP contribution in [-0.4, -0.2) is 45.6 Å². The standard InChI is InChI=1S/C13H20N4O2S/c1-4-17-8-9(5-11(17)18)12(19)14-6-10-7-15-13(20-3)16(10)2/h7,9H,4-6,8H2,1-3H3,(H,14,19)/t9-/m1/s1. The van der Waals surface area contributed by atoms with E-state index in [0.717, 1.165) is 10.9 Å². The first kappa shape index (κ1) is 14.9. The van der Waals surface area contributed by atoms with Gasteiger partial charge in [-0.15, -0.1) is 0 Å². The summed E-state index contributed by atoms with van der Waals surface area (Å²) in [5.74, 6) is -0.213. The number of thioether (sulfide) groups is 1. The van der Waals surface area contributed by atoms with Crippen molar-refractivity contribution in [1.29, 1.82) is 0 Å². The van der Waals surface area contributed by atoms with Gasteiger partial charge < -0.3 is 14.8 Å². The molecule has 0 bridgehead atoms. The van der Waals surface area contributed by atoms with Crippen molar-refractivity contribution < 1.29 is 9.59 Å². The highest BCUT2D eigenvalue weighted by atomic mass is 32.2. The largest absolute Gasteiger partial charge is 0.350 e. The molecule has 2 heterocycles. The lowest BCUT2D eigenvalue weighted by Gasteiger charge is -2.13. The molecule has 6 nitrogen and oxygen atoms in total. The Morgan fingerprint density at radius 2 is 2.35 bits per heavy atom. The average Bonchev–Trinajstić information content (AvgIpc) is 2.99. The fourth-order valence-electron chi connectivity index (χ4n) is 2.36. The summed E-state index contributed by atoms with van der Waals surface area (Å²) >= 11 is 1.57. The monoisotopic (exact) mass is 296 g/mol. The summed E-state index contributed by atoms with van der Waals surface area (Å²) in [6.45, 7) is 3.57. The molecular formula is C13H20N4O2S. The Labute approximate surface area is 122 Å². The van der Waals surface area contributed by atoms with E-state index in [4.69, 9.17) is 0 Å². The van der Waals surface area contributed by atoms with Crippen molar-refractivity contribution in [3.05, 3.63) is 11.9 Å². The first-order valence-corrected chi connectivity index (χ1v) is 7.89. The van der Waals surface area contributed by atoms with Crippen molar-refractivity contribution in [1.82, 2.24) is 19.8 Å². The minimum Gasteiger partial charge on any atom is -0.350 e. The van der Waals surface area contributed by atoms with Crippen LogP contribution in [0.3, 0.4) is 0 Å². The SMILES string of the molecule is CCN1C[C@H](C(=O)NCc2cnc(SC)n2C)CC1=O. The van der Waals surface area contributed by atoms with Crippen LogP contribution in [0.1, 0.15) is 19.0 Å². The molecule has 0 aromatic carbocycles. The molecule has 110 valence electrons. The number of rotatable bonds is 5. The van der Waals surface area contributed by atoms with Crippen LogP contribution in [0.5, 0.6) is 0 Å². The zero-order valence-corrected chi connectivity index (χ0v) is 12.9. The van der Waals surface area contributed by atoms with Gasteiger partial charge in [0, 0.05) is 26.6 Å². The Morgan fingerprint density at radius 3 is 2.90 bits per heavy atom. The van der Waals surface area contributed by atoms with E-state index in [9.17, 15) is 9.59 Å². The van der Waals surface area contributed by atoms with Crippen molar-refractivity contribution in [2.75, 3.05) is 19.3 Å². The second-order valence-electron chi connectivity index (χ2n) is 4.85. The molecule has 1 saturated heterocycles. The van der Waals surface area contributed by atoms with Crippen molar-refractivity contribution in [2.45, 2.75) is 25.0 Å². The van der Waals surface area contributed by atoms with Gasteiger partial charge in [-0.05, 0) is 13.2 Å². The summed E-state index contributed by atoms with van der Waals surface area (Å²) < 4.78 is 1.96. The molecule has 0 saturated carbocycles. The quantitative estimate of drug-likeness (QED) is 0.809. The van der Waals surface area contributed by atoms with Gasteiger partial charge in [-0.1, -0.05) is 11.8 Å². The minimum atomic E-state index is -0.226. The second-order valence-corrected chi connectivity index (χ2v) is 5.62. The summed E-state index contributed by atoms with van der Waals surface area (Å²) in [5.41, 5.74) is 0.958. The van der Waals surface area contributed by atoms with E-state index < -0.39 is 0 Å². The Kier molecular flexibility index (Phi) is 4.69. The van der Waals surface area contributed by atoms with Gasteiger partial charge in [0.05, 0.1) is 24.4 Å². The number of nitrogens with zero attached hydrogens (tertiary/aromatic N) is 3. The molecule has 1 aromatic heterocycles. The maximum absolute atomic E-state index is 12.1. The predicted octanol–water partition coefficient (Wildman–Crippen LogP) is 0.627. The van der Waals surface area contributed by atoms with Crippen LogP contribution >= 0.6 is 11.8 Å². The second kappa shape index (κ2) is 6.30. The van der Waals surface area contributed by atoms with Crippen LogP contribution < -0.4 is 5.32 Å². The van der Waals surface area contributed by atoms with Crippen LogP contribution in [0.25, 0.3) is 0 Å². The van der Waals surface area contributed by atoms with Gasteiger partial charge in [0.15, 0.2) is 5.16 Å². The van der Waals surface area contributed by atoms with E-state index in [1.54, 1.807) is 22.9 Å². The maximum Gasteiger partial charge on any atom is 0.225 e. The van der Waals surface area contributed by atoms with Crippen molar-refractivity contribution in [3.63, 3.8) is 0 Å². The molecule has 1 aliphatic rings. The van der Waals surface area contributed by atoms with E-state index >= 15 is 0 Å². The number of hydrogen-bond acceptors (Lipinski definition) is 4. The fraction of sp³-hybridized carbons (Fsp3) is 0.615. The van der Waals surface area contributed by atoms with Crippen molar-refractivity contribution >= 4 is 23.6 Å². The third kappa shape index (κ3) is 2.98. The van der Waals surface area contributed by atoms with Crippen molar-refractivity contribution in [2.24, 2.45) is 13.0 Å². The van der Waals surface area contributed by atoms with E-state index in [1.807, 2.05) is 24.8 Å². The van der Waals surface area contributed by atoms with Gasteiger partial charge in [-0.25, -0.2) is 4.98 Å². The lowest BCUT2D eigenvalue weighted by Crippen LogP contribution is -2.33. The highest BCUT2D eigenvalue weighted by Gasteiger charge is 2.33. The normalized spacial score (nSPS) is 18.6. The molecule has 1 aliphatic heterocycles. The van der Waals surface area contributed by atoms with Gasteiger partial charge in [-0.3, -0.25) is 9.59 Å². The van der Waals surface area contributed by atoms with E-state index in [2.05, 4.69) is 10.3 Å². The third-order valence-corrected chi connectivity index (χ3v) is 4.38. The number of carbonyl (C=O) groups excluding carboxylic acids is 2. The Balaban J connectivity index is 1.89. The lowest BCUT2D eigenvalue weighted by atomic mass is 10.1. The zero-order chi connectivity index (χ0) is 14.7. The highest BCUT2D eigenvalue weighted by molar-refractivity contribution is 7.98. The molecule has 7 heteroatoms. The Bertz CT molecular complexity index is 514. The van der Waals surface area contributed by atoms with Gasteiger partial charge in [0.1, 0.15) is 0 Å². The van der Waals surface area contributed by atoms with Crippen LogP contribution in [0, 0.1) is 5.92 Å². The smallest absolute Gasteiger partial charge is 0.225 e. The zero-order valence-electron chi connectivity index (χ0n) is 12.0. The van der Waals surface area contributed by atoms with Crippen LogP contribution in [0.2, 0.25) is 0 Å². The molecule has 0 unspecified atom stereocenters. The molecule has 2 rings (SSSR count). The van der Waals surface area contributed by atoms with E-state index in [1.165, 1.54) is 0 Å². The summed E-state index contributed by atoms with van der Waals surface area (Å²) in [4.78, 5) is 29.7. The van der Waals surface area contributed by atoms with Crippen LogP contribution in [0.4, 0.5) is 0 Å². The summed E-state index contributed by atoms with van der Waals surface area (Å²) in [7, 11) is 1.93. The molecular weight excluding hydrogens is 276 g/mol. The minimum absolute atomic E-state index is 0.0544. The first-order chi connectivity index (χ1) is 9.56. The summed E-state index contributed by atoms with van der Waals surface area (Å²) in [6.07, 6.45) is 4.06. The molecule has 0 spiro atoms. The summed E-state index contributed by atoms with van der Waals surface area (Å²) in [6, 6.07) is 0. The van der Waals surface area contributed by atoms with Gasteiger partial charge in [0.2, 0.25) is 11.8 Å². The number of nitrogens with one attached hydrogen (secondary N) is 1. The topological polar surface area (TPSA) is 67.2 Å². The van der Waals surface area contributed by atoms with E-state index in [0.29, 0.717) is 26.1 Å². The predicted molar refractivity (Wildman–Crippen MR) is 77.2 cm³/mol. The number of carbonyl (C=O) groups is 2. The van der Waals surface area contributed by atoms with Crippen molar-refractivity contribution in [3.8, 4) is 0 Å². The number of amides is 2. The molecule has 0 radical (unpaired) electrons. The number of hydrogen-bond donors (Lipinski definition) is 1. The van der Waals surface area contributed by atoms with E-state index in [-0.39, 0.29) is 17.7 Å². The molecule has 1 fully saturated rings. The third-order valence-electron chi connectivity index (χ3n) is 3.64. The molecule has 0 aliphatic carbocycles. The fourth-order valence-corrected chi connectivity index (χ4v) is 2.90. The number of imidazole rings is 1. The van der Waals surface area contributed by atoms with Gasteiger partial charge in [0.25, 0.3) is 0 Å². The number of likely N-dealkylation sites (tertiary alicyclic amines) is 1.